The van der Waals surface area contributed by atoms with E-state index in [-0.39, 0.29) is 12.5 Å². The molecule has 0 radical (unpaired) electrons. The van der Waals surface area contributed by atoms with Gasteiger partial charge in [-0.15, -0.1) is 0 Å². The molecular weight excluding hydrogens is 288 g/mol. The Bertz CT molecular complexity index is 836. The van der Waals surface area contributed by atoms with Crippen LogP contribution in [0, 0.1) is 0 Å². The maximum Gasteiger partial charge on any atom is 0.260 e. The van der Waals surface area contributed by atoms with Gasteiger partial charge in [0.25, 0.3) is 5.91 Å². The highest BCUT2D eigenvalue weighted by molar-refractivity contribution is 6.00. The minimum atomic E-state index is -0.171. The van der Waals surface area contributed by atoms with Crippen LogP contribution in [0.15, 0.2) is 66.0 Å². The van der Waals surface area contributed by atoms with Gasteiger partial charge in [-0.05, 0) is 24.1 Å². The van der Waals surface area contributed by atoms with Crippen molar-refractivity contribution in [3.63, 3.8) is 0 Å². The number of carbonyl (C=O) groups is 1. The van der Waals surface area contributed by atoms with Crippen molar-refractivity contribution in [1.29, 1.82) is 0 Å². The number of hydrogen-bond donors (Lipinski definition) is 1. The summed E-state index contributed by atoms with van der Waals surface area (Å²) >= 11 is 0. The highest BCUT2D eigenvalue weighted by Crippen LogP contribution is 2.11. The van der Waals surface area contributed by atoms with Crippen LogP contribution < -0.4 is 5.43 Å². The Morgan fingerprint density at radius 3 is 2.65 bits per heavy atom. The molecular formula is C18H18N4O. The molecule has 0 saturated heterocycles. The van der Waals surface area contributed by atoms with Crippen molar-refractivity contribution < 1.29 is 4.79 Å². The zero-order valence-electron chi connectivity index (χ0n) is 12.9. The molecule has 5 nitrogen and oxygen atoms in total. The summed E-state index contributed by atoms with van der Waals surface area (Å²) in [6.07, 6.45) is 2.42. The number of amides is 1. The first-order chi connectivity index (χ1) is 11.3. The van der Waals surface area contributed by atoms with Crippen molar-refractivity contribution in [2.45, 2.75) is 19.9 Å². The van der Waals surface area contributed by atoms with Gasteiger partial charge in [-0.2, -0.15) is 5.10 Å². The van der Waals surface area contributed by atoms with Gasteiger partial charge in [0, 0.05) is 0 Å². The fourth-order valence-corrected chi connectivity index (χ4v) is 2.43. The molecule has 0 fully saturated rings. The number of fused-ring (bicyclic) bond motifs is 1. The van der Waals surface area contributed by atoms with Crippen molar-refractivity contribution >= 4 is 22.7 Å². The zero-order valence-corrected chi connectivity index (χ0v) is 12.9. The molecule has 2 aromatic carbocycles. The molecule has 0 aliphatic carbocycles. The van der Waals surface area contributed by atoms with Crippen LogP contribution in [0.3, 0.4) is 0 Å². The van der Waals surface area contributed by atoms with Crippen molar-refractivity contribution in [2.75, 3.05) is 0 Å². The first-order valence-electron chi connectivity index (χ1n) is 7.58. The number of carbonyl (C=O) groups excluding carboxylic acids is 1. The first-order valence-corrected chi connectivity index (χ1v) is 7.58. The second-order valence-electron chi connectivity index (χ2n) is 5.17. The van der Waals surface area contributed by atoms with Crippen LogP contribution in [0.5, 0.6) is 0 Å². The van der Waals surface area contributed by atoms with E-state index < -0.39 is 0 Å². The summed E-state index contributed by atoms with van der Waals surface area (Å²) in [4.78, 5) is 16.4. The monoisotopic (exact) mass is 306 g/mol. The van der Waals surface area contributed by atoms with Crippen molar-refractivity contribution in [2.24, 2.45) is 5.10 Å². The van der Waals surface area contributed by atoms with Gasteiger partial charge >= 0.3 is 0 Å². The van der Waals surface area contributed by atoms with E-state index in [2.05, 4.69) is 15.5 Å². The lowest BCUT2D eigenvalue weighted by molar-refractivity contribution is -0.121. The summed E-state index contributed by atoms with van der Waals surface area (Å²) in [5.74, 6) is -0.171. The Kier molecular flexibility index (Phi) is 4.47. The van der Waals surface area contributed by atoms with Crippen LogP contribution in [0.4, 0.5) is 0 Å². The van der Waals surface area contributed by atoms with Gasteiger partial charge in [-0.25, -0.2) is 10.4 Å². The Morgan fingerprint density at radius 1 is 1.13 bits per heavy atom. The molecule has 1 aromatic heterocycles. The van der Waals surface area contributed by atoms with E-state index in [1.54, 1.807) is 6.33 Å². The Morgan fingerprint density at radius 2 is 1.87 bits per heavy atom. The number of hydrogen-bond acceptors (Lipinski definition) is 3. The van der Waals surface area contributed by atoms with Gasteiger partial charge in [0.05, 0.1) is 23.1 Å². The third-order valence-electron chi connectivity index (χ3n) is 3.60. The van der Waals surface area contributed by atoms with Gasteiger partial charge in [-0.3, -0.25) is 4.79 Å². The first kappa shape index (κ1) is 15.0. The maximum atomic E-state index is 12.1. The Hall–Kier alpha value is -2.95. The summed E-state index contributed by atoms with van der Waals surface area (Å²) < 4.78 is 1.81. The van der Waals surface area contributed by atoms with E-state index in [1.165, 1.54) is 0 Å². The Balaban J connectivity index is 1.70. The summed E-state index contributed by atoms with van der Waals surface area (Å²) in [7, 11) is 0. The molecule has 0 aliphatic rings. The zero-order chi connectivity index (χ0) is 16.1. The number of benzene rings is 2. The van der Waals surface area contributed by atoms with Gasteiger partial charge in [0.2, 0.25) is 0 Å². The minimum absolute atomic E-state index is 0.171. The van der Waals surface area contributed by atoms with Gasteiger partial charge < -0.3 is 4.57 Å². The number of nitrogens with zero attached hydrogens (tertiary/aromatic N) is 3. The lowest BCUT2D eigenvalue weighted by atomic mass is 10.1. The van der Waals surface area contributed by atoms with Gasteiger partial charge in [0.15, 0.2) is 0 Å². The smallest absolute Gasteiger partial charge is 0.260 e. The molecule has 1 heterocycles. The van der Waals surface area contributed by atoms with E-state index in [1.807, 2.05) is 66.1 Å². The molecule has 116 valence electrons. The number of rotatable bonds is 5. The van der Waals surface area contributed by atoms with Crippen LogP contribution in [0.2, 0.25) is 0 Å². The maximum absolute atomic E-state index is 12.1. The van der Waals surface area contributed by atoms with Crippen molar-refractivity contribution in [1.82, 2.24) is 15.0 Å². The van der Waals surface area contributed by atoms with Crippen LogP contribution in [0.25, 0.3) is 11.0 Å². The normalized spacial score (nSPS) is 11.6. The molecule has 0 unspecified atom stereocenters. The predicted octanol–water partition coefficient (Wildman–Crippen LogP) is 2.97. The topological polar surface area (TPSA) is 59.3 Å². The minimum Gasteiger partial charge on any atom is -0.321 e. The summed E-state index contributed by atoms with van der Waals surface area (Å²) in [5, 5.41) is 4.26. The van der Waals surface area contributed by atoms with Crippen LogP contribution in [-0.4, -0.2) is 21.2 Å². The molecule has 1 amide bonds. The number of hydrazone groups is 1. The lowest BCUT2D eigenvalue weighted by Crippen LogP contribution is -2.24. The predicted molar refractivity (Wildman–Crippen MR) is 91.1 cm³/mol. The molecule has 0 spiro atoms. The van der Waals surface area contributed by atoms with Gasteiger partial charge in [-0.1, -0.05) is 49.4 Å². The van der Waals surface area contributed by atoms with Crippen molar-refractivity contribution in [3.05, 3.63) is 66.5 Å². The molecule has 0 bridgehead atoms. The van der Waals surface area contributed by atoms with Crippen molar-refractivity contribution in [3.8, 4) is 0 Å². The van der Waals surface area contributed by atoms with Gasteiger partial charge in [0.1, 0.15) is 6.54 Å². The standard InChI is InChI=1S/C18H18N4O/c1-2-15(14-8-4-3-5-9-14)20-21-18(23)12-22-13-19-16-10-6-7-11-17(16)22/h3-11,13H,2,12H2,1H3,(H,21,23)/b20-15+. The van der Waals surface area contributed by atoms with E-state index in [4.69, 9.17) is 0 Å². The summed E-state index contributed by atoms with van der Waals surface area (Å²) in [5.41, 5.74) is 6.32. The molecule has 0 atom stereocenters. The van der Waals surface area contributed by atoms with Crippen LogP contribution >= 0.6 is 0 Å². The average Bonchev–Trinajstić information content (AvgIpc) is 2.99. The number of imidazole rings is 1. The fraction of sp³-hybridized carbons (Fsp3) is 0.167. The van der Waals surface area contributed by atoms with Crippen LogP contribution in [-0.2, 0) is 11.3 Å². The van der Waals surface area contributed by atoms with E-state index in [0.29, 0.717) is 0 Å². The molecule has 3 aromatic rings. The quantitative estimate of drug-likeness (QED) is 0.582. The molecule has 5 heteroatoms. The Labute approximate surface area is 134 Å². The molecule has 23 heavy (non-hydrogen) atoms. The molecule has 1 N–H and O–H groups in total. The second kappa shape index (κ2) is 6.87. The third kappa shape index (κ3) is 3.45. The SMILES string of the molecule is CC/C(=N\NC(=O)Cn1cnc2ccccc21)c1ccccc1. The molecule has 0 saturated carbocycles. The van der Waals surface area contributed by atoms with E-state index in [0.717, 1.165) is 28.7 Å². The van der Waals surface area contributed by atoms with E-state index in [9.17, 15) is 4.79 Å². The van der Waals surface area contributed by atoms with Crippen LogP contribution in [0.1, 0.15) is 18.9 Å². The van der Waals surface area contributed by atoms with E-state index >= 15 is 0 Å². The largest absolute Gasteiger partial charge is 0.321 e. The highest BCUT2D eigenvalue weighted by atomic mass is 16.2. The number of nitrogens with one attached hydrogen (secondary N) is 1. The number of aromatic nitrogens is 2. The second-order valence-corrected chi connectivity index (χ2v) is 5.17. The third-order valence-corrected chi connectivity index (χ3v) is 3.60. The lowest BCUT2D eigenvalue weighted by Gasteiger charge is -2.06. The molecule has 3 rings (SSSR count). The highest BCUT2D eigenvalue weighted by Gasteiger charge is 2.07. The average molecular weight is 306 g/mol. The fourth-order valence-electron chi connectivity index (χ4n) is 2.43. The molecule has 0 aliphatic heterocycles. The summed E-state index contributed by atoms with van der Waals surface area (Å²) in [6.45, 7) is 2.21. The summed E-state index contributed by atoms with van der Waals surface area (Å²) in [6, 6.07) is 17.6. The number of para-hydroxylation sites is 2.